The number of ether oxygens (including phenoxy) is 2. The molecular weight excluding hydrogens is 518 g/mol. The summed E-state index contributed by atoms with van der Waals surface area (Å²) in [5, 5.41) is 9.43. The smallest absolute Gasteiger partial charge is 0.276 e. The Bertz CT molecular complexity index is 1180. The standard InChI is InChI=1S/C28H39N5O7/c1-19-16-22(31-40-19)28(37)33-14-6-5-13-32(3)27(36)20(2)30-26(35)18-39-24-17-21(8-10-23(24)38-4)9-11-25(34)29-12-7-15-33/h8,10,16-17,20H,5-7,9,11-15,18H2,1-4H3,(H,29,34)(H,30,35)/t20-/m0/s1. The van der Waals surface area contributed by atoms with Gasteiger partial charge in [-0.05, 0) is 57.2 Å². The predicted octanol–water partition coefficient (Wildman–Crippen LogP) is 1.71. The second-order valence-electron chi connectivity index (χ2n) is 9.85. The van der Waals surface area contributed by atoms with Gasteiger partial charge in [-0.1, -0.05) is 11.2 Å². The van der Waals surface area contributed by atoms with Crippen molar-refractivity contribution in [3.05, 3.63) is 41.3 Å². The lowest BCUT2D eigenvalue weighted by Crippen LogP contribution is -2.47. The molecule has 40 heavy (non-hydrogen) atoms. The van der Waals surface area contributed by atoms with Crippen molar-refractivity contribution in [1.82, 2.24) is 25.6 Å². The molecule has 0 spiro atoms. The van der Waals surface area contributed by atoms with Crippen LogP contribution >= 0.6 is 0 Å². The maximum atomic E-state index is 13.0. The first-order chi connectivity index (χ1) is 19.2. The summed E-state index contributed by atoms with van der Waals surface area (Å²) in [4.78, 5) is 54.1. The normalized spacial score (nSPS) is 19.0. The Balaban J connectivity index is 1.71. The van der Waals surface area contributed by atoms with Crippen LogP contribution in [-0.2, 0) is 20.8 Å². The number of aryl methyl sites for hydroxylation is 2. The maximum Gasteiger partial charge on any atom is 0.276 e. The van der Waals surface area contributed by atoms with Crippen LogP contribution in [0.15, 0.2) is 28.8 Å². The number of carbonyl (C=O) groups excluding carboxylic acids is 4. The van der Waals surface area contributed by atoms with Crippen LogP contribution in [-0.4, -0.2) is 91.6 Å². The van der Waals surface area contributed by atoms with Gasteiger partial charge in [0.2, 0.25) is 11.8 Å². The van der Waals surface area contributed by atoms with E-state index in [1.807, 2.05) is 6.07 Å². The van der Waals surface area contributed by atoms with E-state index in [1.54, 1.807) is 48.9 Å². The summed E-state index contributed by atoms with van der Waals surface area (Å²) in [5.74, 6) is 0.367. The molecule has 0 saturated heterocycles. The summed E-state index contributed by atoms with van der Waals surface area (Å²) in [6, 6.07) is 6.16. The molecular formula is C28H39N5O7. The minimum absolute atomic E-state index is 0.105. The first-order valence-electron chi connectivity index (χ1n) is 13.5. The van der Waals surface area contributed by atoms with Crippen LogP contribution in [0.1, 0.15) is 54.4 Å². The van der Waals surface area contributed by atoms with Gasteiger partial charge < -0.3 is 34.4 Å². The van der Waals surface area contributed by atoms with Gasteiger partial charge in [0.25, 0.3) is 11.8 Å². The number of likely N-dealkylation sites (N-methyl/N-ethyl adjacent to an activating group) is 1. The van der Waals surface area contributed by atoms with E-state index in [9.17, 15) is 19.2 Å². The van der Waals surface area contributed by atoms with Crippen LogP contribution < -0.4 is 20.1 Å². The molecule has 2 N–H and O–H groups in total. The first-order valence-corrected chi connectivity index (χ1v) is 13.5. The molecule has 0 radical (unpaired) electrons. The van der Waals surface area contributed by atoms with Crippen LogP contribution in [0, 0.1) is 6.92 Å². The number of nitrogens with one attached hydrogen (secondary N) is 2. The number of methoxy groups -OCH3 is 1. The fourth-order valence-electron chi connectivity index (χ4n) is 4.36. The quantitative estimate of drug-likeness (QED) is 0.568. The lowest BCUT2D eigenvalue weighted by atomic mass is 10.1. The Morgan fingerprint density at radius 3 is 2.52 bits per heavy atom. The van der Waals surface area contributed by atoms with Crippen molar-refractivity contribution in [2.45, 2.75) is 52.0 Å². The molecule has 1 aromatic heterocycles. The molecule has 0 saturated carbocycles. The highest BCUT2D eigenvalue weighted by Crippen LogP contribution is 2.28. The number of hydrogen-bond acceptors (Lipinski definition) is 8. The Labute approximate surface area is 234 Å². The summed E-state index contributed by atoms with van der Waals surface area (Å²) in [5.41, 5.74) is 1.08. The lowest BCUT2D eigenvalue weighted by Gasteiger charge is -2.24. The molecule has 12 nitrogen and oxygen atoms in total. The summed E-state index contributed by atoms with van der Waals surface area (Å²) in [7, 11) is 3.18. The fourth-order valence-corrected chi connectivity index (χ4v) is 4.36. The molecule has 0 fully saturated rings. The minimum Gasteiger partial charge on any atom is -0.493 e. The molecule has 1 aliphatic rings. The SMILES string of the molecule is COc1ccc2cc1OCC(=O)N[C@@H](C)C(=O)N(C)CCCCN(C(=O)c1cc(C)on1)CCCNC(=O)CC2. The largest absolute Gasteiger partial charge is 0.493 e. The van der Waals surface area contributed by atoms with Crippen molar-refractivity contribution in [3.63, 3.8) is 0 Å². The van der Waals surface area contributed by atoms with Gasteiger partial charge in [-0.15, -0.1) is 0 Å². The molecule has 2 aromatic rings. The average molecular weight is 558 g/mol. The lowest BCUT2D eigenvalue weighted by molar-refractivity contribution is -0.135. The molecule has 2 heterocycles. The van der Waals surface area contributed by atoms with Gasteiger partial charge in [-0.2, -0.15) is 0 Å². The van der Waals surface area contributed by atoms with E-state index in [0.717, 1.165) is 5.56 Å². The molecule has 2 bridgehead atoms. The highest BCUT2D eigenvalue weighted by molar-refractivity contribution is 5.92. The number of fused-ring (bicyclic) bond motifs is 2. The van der Waals surface area contributed by atoms with E-state index in [4.69, 9.17) is 14.0 Å². The van der Waals surface area contributed by atoms with Gasteiger partial charge in [0.15, 0.2) is 23.8 Å². The molecule has 4 amide bonds. The molecule has 0 unspecified atom stereocenters. The van der Waals surface area contributed by atoms with E-state index < -0.39 is 11.9 Å². The highest BCUT2D eigenvalue weighted by Gasteiger charge is 2.22. The molecule has 1 aromatic carbocycles. The Morgan fingerprint density at radius 1 is 1.05 bits per heavy atom. The van der Waals surface area contributed by atoms with Crippen molar-refractivity contribution in [3.8, 4) is 11.5 Å². The number of carbonyl (C=O) groups is 4. The number of rotatable bonds is 2. The fraction of sp³-hybridized carbons (Fsp3) is 0.536. The minimum atomic E-state index is -0.737. The summed E-state index contributed by atoms with van der Waals surface area (Å²) < 4.78 is 16.1. The van der Waals surface area contributed by atoms with Crippen LogP contribution in [0.25, 0.3) is 0 Å². The van der Waals surface area contributed by atoms with Gasteiger partial charge >= 0.3 is 0 Å². The van der Waals surface area contributed by atoms with Crippen molar-refractivity contribution < 1.29 is 33.2 Å². The van der Waals surface area contributed by atoms with Gasteiger partial charge in [0, 0.05) is 45.7 Å². The van der Waals surface area contributed by atoms with E-state index in [0.29, 0.717) is 69.1 Å². The molecule has 0 aliphatic carbocycles. The van der Waals surface area contributed by atoms with Crippen LogP contribution in [0.2, 0.25) is 0 Å². The zero-order chi connectivity index (χ0) is 29.1. The van der Waals surface area contributed by atoms with Crippen molar-refractivity contribution in [1.29, 1.82) is 0 Å². The van der Waals surface area contributed by atoms with Crippen LogP contribution in [0.3, 0.4) is 0 Å². The van der Waals surface area contributed by atoms with E-state index >= 15 is 0 Å². The number of aromatic nitrogens is 1. The van der Waals surface area contributed by atoms with Crippen LogP contribution in [0.5, 0.6) is 11.5 Å². The van der Waals surface area contributed by atoms with Gasteiger partial charge in [0.1, 0.15) is 11.8 Å². The third-order valence-electron chi connectivity index (χ3n) is 6.58. The molecule has 12 heteroatoms. The topological polar surface area (TPSA) is 143 Å². The molecule has 1 aliphatic heterocycles. The predicted molar refractivity (Wildman–Crippen MR) is 146 cm³/mol. The zero-order valence-electron chi connectivity index (χ0n) is 23.7. The summed E-state index contributed by atoms with van der Waals surface area (Å²) in [6.45, 7) is 4.83. The number of hydrogen-bond donors (Lipinski definition) is 2. The van der Waals surface area contributed by atoms with Crippen molar-refractivity contribution >= 4 is 23.6 Å². The Morgan fingerprint density at radius 2 is 1.80 bits per heavy atom. The third kappa shape index (κ3) is 8.99. The average Bonchev–Trinajstić information content (AvgIpc) is 3.38. The van der Waals surface area contributed by atoms with E-state index in [-0.39, 0.29) is 36.4 Å². The molecule has 218 valence electrons. The summed E-state index contributed by atoms with van der Waals surface area (Å²) >= 11 is 0. The van der Waals surface area contributed by atoms with Gasteiger partial charge in [-0.3, -0.25) is 19.2 Å². The number of nitrogens with zero attached hydrogens (tertiary/aromatic N) is 3. The van der Waals surface area contributed by atoms with Gasteiger partial charge in [-0.25, -0.2) is 0 Å². The van der Waals surface area contributed by atoms with Crippen molar-refractivity contribution in [2.24, 2.45) is 0 Å². The third-order valence-corrected chi connectivity index (χ3v) is 6.58. The Kier molecular flexibility index (Phi) is 11.3. The first kappa shape index (κ1) is 30.5. The summed E-state index contributed by atoms with van der Waals surface area (Å²) in [6.07, 6.45) is 2.61. The molecule has 1 atom stereocenters. The van der Waals surface area contributed by atoms with E-state index in [1.165, 1.54) is 7.11 Å². The molecule has 3 rings (SSSR count). The van der Waals surface area contributed by atoms with Gasteiger partial charge in [0.05, 0.1) is 7.11 Å². The Hall–Kier alpha value is -4.09. The second kappa shape index (κ2) is 14.9. The number of benzene rings is 1. The van der Waals surface area contributed by atoms with Crippen LogP contribution in [0.4, 0.5) is 0 Å². The zero-order valence-corrected chi connectivity index (χ0v) is 23.7. The highest BCUT2D eigenvalue weighted by atomic mass is 16.5. The number of amides is 4. The second-order valence-corrected chi connectivity index (χ2v) is 9.85. The van der Waals surface area contributed by atoms with Crippen molar-refractivity contribution in [2.75, 3.05) is 46.9 Å². The monoisotopic (exact) mass is 557 g/mol. The maximum absolute atomic E-state index is 13.0. The van der Waals surface area contributed by atoms with E-state index in [2.05, 4.69) is 15.8 Å².